The second-order valence-electron chi connectivity index (χ2n) is 5.63. The molecule has 1 heterocycles. The minimum absolute atomic E-state index is 0.0710. The molecule has 0 aliphatic heterocycles. The SMILES string of the molecule is NC(=O)C1CCc2c1[nH]c(-c1ccccc1CCl)c2CCO. The van der Waals surface area contributed by atoms with E-state index in [-0.39, 0.29) is 18.4 Å². The van der Waals surface area contributed by atoms with Gasteiger partial charge in [-0.05, 0) is 36.0 Å². The number of fused-ring (bicyclic) bond motifs is 1. The maximum Gasteiger partial charge on any atom is 0.226 e. The number of hydrogen-bond donors (Lipinski definition) is 3. The molecule has 1 amide bonds. The normalized spacial score (nSPS) is 16.7. The van der Waals surface area contributed by atoms with Gasteiger partial charge in [0.05, 0.1) is 5.92 Å². The van der Waals surface area contributed by atoms with Crippen LogP contribution in [0.4, 0.5) is 0 Å². The van der Waals surface area contributed by atoms with Crippen LogP contribution < -0.4 is 5.73 Å². The third kappa shape index (κ3) is 2.42. The van der Waals surface area contributed by atoms with Gasteiger partial charge in [-0.2, -0.15) is 0 Å². The summed E-state index contributed by atoms with van der Waals surface area (Å²) in [5.74, 6) is -0.144. The molecule has 1 unspecified atom stereocenters. The van der Waals surface area contributed by atoms with E-state index in [0.29, 0.717) is 12.3 Å². The van der Waals surface area contributed by atoms with Crippen LogP contribution in [0.2, 0.25) is 0 Å². The van der Waals surface area contributed by atoms with Crippen LogP contribution in [0.1, 0.15) is 34.7 Å². The first kappa shape index (κ1) is 15.1. The zero-order chi connectivity index (χ0) is 15.7. The Bertz CT molecular complexity index is 709. The van der Waals surface area contributed by atoms with Gasteiger partial charge in [0.2, 0.25) is 5.91 Å². The number of rotatable bonds is 5. The maximum absolute atomic E-state index is 11.6. The molecule has 2 aromatic rings. The van der Waals surface area contributed by atoms with Gasteiger partial charge in [-0.3, -0.25) is 4.79 Å². The van der Waals surface area contributed by atoms with Gasteiger partial charge in [0, 0.05) is 29.4 Å². The molecular formula is C17H19ClN2O2. The topological polar surface area (TPSA) is 79.1 Å². The summed E-state index contributed by atoms with van der Waals surface area (Å²) in [6.07, 6.45) is 2.12. The minimum Gasteiger partial charge on any atom is -0.396 e. The molecule has 0 fully saturated rings. The highest BCUT2D eigenvalue weighted by Gasteiger charge is 2.32. The van der Waals surface area contributed by atoms with Crippen LogP contribution in [0.25, 0.3) is 11.3 Å². The number of halogens is 1. The quantitative estimate of drug-likeness (QED) is 0.740. The Kier molecular flexibility index (Phi) is 4.23. The molecule has 1 atom stereocenters. The molecule has 1 aromatic carbocycles. The number of primary amides is 1. The second-order valence-corrected chi connectivity index (χ2v) is 5.90. The predicted octanol–water partition coefficient (Wildman–Crippen LogP) is 2.47. The summed E-state index contributed by atoms with van der Waals surface area (Å²) in [5, 5.41) is 9.41. The molecule has 0 radical (unpaired) electrons. The van der Waals surface area contributed by atoms with Crippen molar-refractivity contribution in [2.75, 3.05) is 6.61 Å². The first-order chi connectivity index (χ1) is 10.7. The van der Waals surface area contributed by atoms with E-state index in [2.05, 4.69) is 4.98 Å². The van der Waals surface area contributed by atoms with Crippen molar-refractivity contribution in [2.45, 2.75) is 31.1 Å². The molecule has 5 heteroatoms. The summed E-state index contributed by atoms with van der Waals surface area (Å²) in [6, 6.07) is 7.92. The van der Waals surface area contributed by atoms with Crippen LogP contribution >= 0.6 is 11.6 Å². The van der Waals surface area contributed by atoms with Gasteiger partial charge in [0.15, 0.2) is 0 Å². The molecule has 22 heavy (non-hydrogen) atoms. The second kappa shape index (κ2) is 6.15. The molecular weight excluding hydrogens is 300 g/mol. The van der Waals surface area contributed by atoms with Crippen LogP contribution in [0.5, 0.6) is 0 Å². The Balaban J connectivity index is 2.16. The minimum atomic E-state index is -0.298. The first-order valence-corrected chi connectivity index (χ1v) is 7.98. The molecule has 0 bridgehead atoms. The van der Waals surface area contributed by atoms with E-state index in [9.17, 15) is 9.90 Å². The fourth-order valence-electron chi connectivity index (χ4n) is 3.40. The summed E-state index contributed by atoms with van der Waals surface area (Å²) < 4.78 is 0. The first-order valence-electron chi connectivity index (χ1n) is 7.45. The smallest absolute Gasteiger partial charge is 0.226 e. The van der Waals surface area contributed by atoms with Crippen LogP contribution in [-0.2, 0) is 23.5 Å². The van der Waals surface area contributed by atoms with Gasteiger partial charge >= 0.3 is 0 Å². The molecule has 1 aromatic heterocycles. The highest BCUT2D eigenvalue weighted by atomic mass is 35.5. The molecule has 1 aliphatic rings. The third-order valence-electron chi connectivity index (χ3n) is 4.42. The van der Waals surface area contributed by atoms with Crippen molar-refractivity contribution >= 4 is 17.5 Å². The van der Waals surface area contributed by atoms with Crippen molar-refractivity contribution < 1.29 is 9.90 Å². The number of aromatic nitrogens is 1. The summed E-state index contributed by atoms with van der Waals surface area (Å²) in [4.78, 5) is 15.0. The molecule has 4 nitrogen and oxygen atoms in total. The molecule has 1 aliphatic carbocycles. The van der Waals surface area contributed by atoms with E-state index in [4.69, 9.17) is 17.3 Å². The zero-order valence-electron chi connectivity index (χ0n) is 12.2. The Morgan fingerprint density at radius 2 is 2.18 bits per heavy atom. The number of aliphatic hydroxyl groups excluding tert-OH is 1. The Hall–Kier alpha value is -1.78. The van der Waals surface area contributed by atoms with Crippen molar-refractivity contribution in [2.24, 2.45) is 5.73 Å². The molecule has 3 rings (SSSR count). The summed E-state index contributed by atoms with van der Waals surface area (Å²) in [6.45, 7) is 0.0710. The van der Waals surface area contributed by atoms with E-state index in [1.165, 1.54) is 0 Å². The van der Waals surface area contributed by atoms with Crippen LogP contribution in [0.3, 0.4) is 0 Å². The van der Waals surface area contributed by atoms with Crippen LogP contribution in [0, 0.1) is 0 Å². The number of benzene rings is 1. The van der Waals surface area contributed by atoms with Gasteiger partial charge in [-0.15, -0.1) is 11.6 Å². The van der Waals surface area contributed by atoms with Crippen LogP contribution in [0.15, 0.2) is 24.3 Å². The fraction of sp³-hybridized carbons (Fsp3) is 0.353. The largest absolute Gasteiger partial charge is 0.396 e. The zero-order valence-corrected chi connectivity index (χ0v) is 13.0. The van der Waals surface area contributed by atoms with E-state index in [1.54, 1.807) is 0 Å². The fourth-order valence-corrected chi connectivity index (χ4v) is 3.63. The van der Waals surface area contributed by atoms with Crippen molar-refractivity contribution in [3.63, 3.8) is 0 Å². The lowest BCUT2D eigenvalue weighted by Gasteiger charge is -2.10. The molecule has 0 saturated carbocycles. The molecule has 4 N–H and O–H groups in total. The number of H-pyrrole nitrogens is 1. The summed E-state index contributed by atoms with van der Waals surface area (Å²) in [5.41, 5.74) is 11.7. The predicted molar refractivity (Wildman–Crippen MR) is 86.8 cm³/mol. The number of nitrogens with one attached hydrogen (secondary N) is 1. The van der Waals surface area contributed by atoms with E-state index in [0.717, 1.165) is 46.5 Å². The van der Waals surface area contributed by atoms with Gasteiger partial charge < -0.3 is 15.8 Å². The standard InChI is InChI=1S/C17H19ClN2O2/c18-9-10-3-1-2-4-11(10)15-13(7-8-21)12-5-6-14(17(19)22)16(12)20-15/h1-4,14,20-21H,5-9H2,(H2,19,22). The molecule has 116 valence electrons. The van der Waals surface area contributed by atoms with Gasteiger partial charge in [-0.25, -0.2) is 0 Å². The number of carbonyl (C=O) groups is 1. The average Bonchev–Trinajstić information content (AvgIpc) is 3.07. The number of aliphatic hydroxyl groups is 1. The lowest BCUT2D eigenvalue weighted by atomic mass is 9.98. The molecule has 0 spiro atoms. The summed E-state index contributed by atoms with van der Waals surface area (Å²) >= 11 is 6.05. The number of nitrogens with two attached hydrogens (primary N) is 1. The highest BCUT2D eigenvalue weighted by Crippen LogP contribution is 2.40. The van der Waals surface area contributed by atoms with Crippen molar-refractivity contribution in [3.8, 4) is 11.3 Å². The summed E-state index contributed by atoms with van der Waals surface area (Å²) in [7, 11) is 0. The number of amides is 1. The van der Waals surface area contributed by atoms with Crippen molar-refractivity contribution in [3.05, 3.63) is 46.6 Å². The highest BCUT2D eigenvalue weighted by molar-refractivity contribution is 6.17. The van der Waals surface area contributed by atoms with Gasteiger partial charge in [0.1, 0.15) is 0 Å². The maximum atomic E-state index is 11.6. The van der Waals surface area contributed by atoms with E-state index >= 15 is 0 Å². The average molecular weight is 319 g/mol. The lowest BCUT2D eigenvalue weighted by molar-refractivity contribution is -0.119. The Labute approximate surface area is 134 Å². The van der Waals surface area contributed by atoms with E-state index in [1.807, 2.05) is 24.3 Å². The molecule has 0 saturated heterocycles. The lowest BCUT2D eigenvalue weighted by Crippen LogP contribution is -2.19. The Morgan fingerprint density at radius 1 is 1.41 bits per heavy atom. The monoisotopic (exact) mass is 318 g/mol. The van der Waals surface area contributed by atoms with Crippen molar-refractivity contribution in [1.82, 2.24) is 4.98 Å². The number of aromatic amines is 1. The Morgan fingerprint density at radius 3 is 2.86 bits per heavy atom. The third-order valence-corrected chi connectivity index (χ3v) is 4.71. The van der Waals surface area contributed by atoms with Gasteiger partial charge in [0.25, 0.3) is 0 Å². The number of alkyl halides is 1. The number of hydrogen-bond acceptors (Lipinski definition) is 2. The van der Waals surface area contributed by atoms with Gasteiger partial charge in [-0.1, -0.05) is 24.3 Å². The van der Waals surface area contributed by atoms with E-state index < -0.39 is 0 Å². The van der Waals surface area contributed by atoms with Crippen molar-refractivity contribution in [1.29, 1.82) is 0 Å². The van der Waals surface area contributed by atoms with Crippen LogP contribution in [-0.4, -0.2) is 22.6 Å². The number of carbonyl (C=O) groups excluding carboxylic acids is 1.